The lowest BCUT2D eigenvalue weighted by molar-refractivity contribution is -0.142. The van der Waals surface area contributed by atoms with Crippen molar-refractivity contribution in [1.82, 2.24) is 51.6 Å². The lowest BCUT2D eigenvalue weighted by atomic mass is 9.96. The molecule has 82 heavy (non-hydrogen) atoms. The van der Waals surface area contributed by atoms with Gasteiger partial charge in [0.2, 0.25) is 41.4 Å². The highest BCUT2D eigenvalue weighted by Crippen LogP contribution is 2.30. The van der Waals surface area contributed by atoms with Crippen LogP contribution in [0.4, 0.5) is 11.5 Å². The average molecular weight is 1140 g/mol. The number of phenols is 2. The minimum absolute atomic E-state index is 0.00195. The van der Waals surface area contributed by atoms with Crippen molar-refractivity contribution < 1.29 is 53.7 Å². The zero-order valence-corrected chi connectivity index (χ0v) is 46.4. The number of nitrogens with zero attached hydrogens (tertiary/aromatic N) is 4. The van der Waals surface area contributed by atoms with Gasteiger partial charge in [0.05, 0.1) is 5.39 Å². The molecule has 0 aliphatic carbocycles. The first-order chi connectivity index (χ1) is 39.3. The smallest absolute Gasteiger partial charge is 0.326 e. The fraction of sp³-hybridized carbons (Fsp3) is 0.351. The SMILES string of the molecule is CCC(C)C(NC(=O)C(CS)NC(C)=O)C(=O)NC(Cc1ccc(O)cc1)C(=O)NC(CCCCN)C(=O)NC(Cc1ccc(NC(=O)Cn2nc(-c3ccccc3)c3c(N)ncnc32)cc1)C(=O)NC(Cc1ccc(O)cc1)C(=O)O. The highest BCUT2D eigenvalue weighted by Gasteiger charge is 2.35. The van der Waals surface area contributed by atoms with Crippen molar-refractivity contribution in [3.05, 3.63) is 126 Å². The second-order valence-corrected chi connectivity index (χ2v) is 20.1. The fourth-order valence-corrected chi connectivity index (χ4v) is 9.08. The molecule has 0 aliphatic rings. The molecule has 6 aromatic rings. The lowest BCUT2D eigenvalue weighted by Gasteiger charge is -2.29. The summed E-state index contributed by atoms with van der Waals surface area (Å²) < 4.78 is 1.42. The van der Waals surface area contributed by atoms with E-state index in [-0.39, 0.29) is 61.8 Å². The van der Waals surface area contributed by atoms with Gasteiger partial charge in [-0.3, -0.25) is 33.6 Å². The molecule has 0 aliphatic heterocycles. The van der Waals surface area contributed by atoms with Crippen LogP contribution < -0.4 is 48.7 Å². The molecule has 2 aromatic heterocycles. The number of phenolic OH excluding ortho intramolecular Hbond substituents is 2. The van der Waals surface area contributed by atoms with Gasteiger partial charge < -0.3 is 64.0 Å². The van der Waals surface area contributed by atoms with Crippen LogP contribution >= 0.6 is 12.6 Å². The number of hydrogen-bond acceptors (Lipinski definition) is 16. The second kappa shape index (κ2) is 29.9. The Kier molecular flexibility index (Phi) is 22.7. The summed E-state index contributed by atoms with van der Waals surface area (Å²) in [6.07, 6.45) is 1.86. The monoisotopic (exact) mass is 1140 g/mol. The van der Waals surface area contributed by atoms with E-state index in [1.165, 1.54) is 54.3 Å². The summed E-state index contributed by atoms with van der Waals surface area (Å²) in [5, 5.41) is 54.0. The molecule has 0 saturated carbocycles. The number of aromatic hydroxyl groups is 2. The van der Waals surface area contributed by atoms with Crippen LogP contribution in [0.1, 0.15) is 63.1 Å². The van der Waals surface area contributed by atoms with E-state index in [0.29, 0.717) is 58.4 Å². The van der Waals surface area contributed by atoms with Gasteiger partial charge in [0.25, 0.3) is 0 Å². The predicted octanol–water partition coefficient (Wildman–Crippen LogP) is 2.27. The molecular formula is C57H69N13O11S. The number of carbonyl (C=O) groups excluding carboxylic acids is 7. The highest BCUT2D eigenvalue weighted by molar-refractivity contribution is 7.80. The molecule has 24 nitrogen and oxygen atoms in total. The maximum absolute atomic E-state index is 14.7. The Hall–Kier alpha value is -9.10. The standard InChI is InChI=1S/C57H69N13O11S/c1-4-32(2)48(68-55(78)45(30-82)62-33(3)71)56(79)66-43(27-35-15-21-39(72)22-16-35)53(76)64-41(12-8-9-25-58)52(75)65-42(54(77)67-44(57(80)81)28-36-17-23-40(73)24-18-36)26-34-13-19-38(20-14-34)63-46(74)29-70-51-47(50(59)60-31-61-51)49(69-70)37-10-6-5-7-11-37/h5-7,10-11,13-24,31-32,41-45,48,72-73,82H,4,8-9,12,25-30,58H2,1-3H3,(H,62,71)(H,63,74)(H,64,76)(H,65,75)(H,66,79)(H,67,77)(H,68,78)(H,80,81)(H2,59,60,61). The van der Waals surface area contributed by atoms with Crippen LogP contribution in [-0.4, -0.2) is 131 Å². The molecule has 6 rings (SSSR count). The Bertz CT molecular complexity index is 3180. The van der Waals surface area contributed by atoms with Crippen molar-refractivity contribution in [3.63, 3.8) is 0 Å². The molecule has 0 fully saturated rings. The summed E-state index contributed by atoms with van der Waals surface area (Å²) in [5.74, 6) is -6.84. The number of nitrogen functional groups attached to an aromatic ring is 1. The van der Waals surface area contributed by atoms with E-state index in [2.05, 4.69) is 64.9 Å². The number of rotatable bonds is 29. The summed E-state index contributed by atoms with van der Waals surface area (Å²) in [4.78, 5) is 118. The number of amides is 7. The number of carboxylic acid groups (broad SMARTS) is 1. The summed E-state index contributed by atoms with van der Waals surface area (Å²) in [5.41, 5.74) is 15.5. The van der Waals surface area contributed by atoms with Crippen LogP contribution in [0.25, 0.3) is 22.3 Å². The maximum atomic E-state index is 14.7. The molecule has 0 spiro atoms. The number of anilines is 2. The van der Waals surface area contributed by atoms with Gasteiger partial charge in [-0.15, -0.1) is 0 Å². The van der Waals surface area contributed by atoms with Crippen molar-refractivity contribution in [2.45, 2.75) is 109 Å². The molecule has 0 bridgehead atoms. The molecule has 434 valence electrons. The summed E-state index contributed by atoms with van der Waals surface area (Å²) >= 11 is 4.19. The highest BCUT2D eigenvalue weighted by atomic mass is 32.1. The first-order valence-corrected chi connectivity index (χ1v) is 27.2. The third kappa shape index (κ3) is 17.7. The molecule has 4 aromatic carbocycles. The number of nitrogens with one attached hydrogen (secondary N) is 7. The van der Waals surface area contributed by atoms with Crippen molar-refractivity contribution in [3.8, 4) is 22.8 Å². The summed E-state index contributed by atoms with van der Waals surface area (Å²) in [7, 11) is 0. The number of carbonyl (C=O) groups is 8. The molecule has 2 heterocycles. The predicted molar refractivity (Wildman–Crippen MR) is 309 cm³/mol. The molecule has 0 saturated heterocycles. The maximum Gasteiger partial charge on any atom is 0.326 e. The Morgan fingerprint density at radius 2 is 1.15 bits per heavy atom. The molecule has 7 amide bonds. The van der Waals surface area contributed by atoms with Gasteiger partial charge >= 0.3 is 5.97 Å². The second-order valence-electron chi connectivity index (χ2n) is 19.7. The number of aromatic nitrogens is 4. The van der Waals surface area contributed by atoms with Crippen LogP contribution in [0.15, 0.2) is 109 Å². The summed E-state index contributed by atoms with van der Waals surface area (Å²) in [6.45, 7) is 4.73. The van der Waals surface area contributed by atoms with Gasteiger partial charge in [-0.1, -0.05) is 87.0 Å². The Morgan fingerprint density at radius 1 is 0.634 bits per heavy atom. The van der Waals surface area contributed by atoms with Crippen molar-refractivity contribution in [1.29, 1.82) is 0 Å². The van der Waals surface area contributed by atoms with E-state index in [4.69, 9.17) is 11.5 Å². The van der Waals surface area contributed by atoms with E-state index >= 15 is 0 Å². The molecular weight excluding hydrogens is 1070 g/mol. The Balaban J connectivity index is 1.25. The number of fused-ring (bicyclic) bond motifs is 1. The van der Waals surface area contributed by atoms with E-state index in [1.807, 2.05) is 30.3 Å². The van der Waals surface area contributed by atoms with Gasteiger partial charge in [-0.25, -0.2) is 19.4 Å². The largest absolute Gasteiger partial charge is 0.508 e. The van der Waals surface area contributed by atoms with Crippen LogP contribution in [0, 0.1) is 5.92 Å². The zero-order chi connectivity index (χ0) is 59.5. The number of carboxylic acids is 1. The minimum atomic E-state index is -1.50. The molecule has 0 radical (unpaired) electrons. The Labute approximate surface area is 478 Å². The zero-order valence-electron chi connectivity index (χ0n) is 45.5. The molecule has 25 heteroatoms. The third-order valence-electron chi connectivity index (χ3n) is 13.5. The fourth-order valence-electron chi connectivity index (χ4n) is 8.82. The number of thiol groups is 1. The number of aliphatic carboxylic acids is 1. The average Bonchev–Trinajstić information content (AvgIpc) is 3.88. The molecule has 7 atom stereocenters. The molecule has 7 unspecified atom stereocenters. The van der Waals surface area contributed by atoms with Crippen molar-refractivity contribution in [2.24, 2.45) is 11.7 Å². The number of benzene rings is 4. The first kappa shape index (κ1) is 62.1. The molecule has 14 N–H and O–H groups in total. The van der Waals surface area contributed by atoms with E-state index in [1.54, 1.807) is 50.2 Å². The van der Waals surface area contributed by atoms with Gasteiger partial charge in [-0.2, -0.15) is 17.7 Å². The van der Waals surface area contributed by atoms with Gasteiger partial charge in [-0.05, 0) is 84.8 Å². The lowest BCUT2D eigenvalue weighted by Crippen LogP contribution is -2.61. The van der Waals surface area contributed by atoms with Gasteiger partial charge in [0, 0.05) is 43.2 Å². The van der Waals surface area contributed by atoms with Gasteiger partial charge in [0.15, 0.2) is 5.65 Å². The van der Waals surface area contributed by atoms with Crippen LogP contribution in [0.2, 0.25) is 0 Å². The van der Waals surface area contributed by atoms with E-state index in [0.717, 1.165) is 5.56 Å². The quantitative estimate of drug-likeness (QED) is 0.0237. The van der Waals surface area contributed by atoms with Crippen molar-refractivity contribution in [2.75, 3.05) is 23.3 Å². The third-order valence-corrected chi connectivity index (χ3v) is 13.8. The normalized spacial score (nSPS) is 13.7. The van der Waals surface area contributed by atoms with E-state index < -0.39 is 89.5 Å². The summed E-state index contributed by atoms with van der Waals surface area (Å²) in [6, 6.07) is 19.2. The topological polar surface area (TPSA) is 377 Å². The first-order valence-electron chi connectivity index (χ1n) is 26.6. The number of hydrogen-bond donors (Lipinski definition) is 13. The van der Waals surface area contributed by atoms with Gasteiger partial charge in [0.1, 0.15) is 72.1 Å². The number of nitrogens with two attached hydrogens (primary N) is 2. The Morgan fingerprint density at radius 3 is 1.68 bits per heavy atom. The number of unbranched alkanes of at least 4 members (excludes halogenated alkanes) is 1. The van der Waals surface area contributed by atoms with Crippen molar-refractivity contribution >= 4 is 82.5 Å². The van der Waals surface area contributed by atoms with Crippen LogP contribution in [0.3, 0.4) is 0 Å². The minimum Gasteiger partial charge on any atom is -0.508 e. The van der Waals surface area contributed by atoms with E-state index in [9.17, 15) is 53.7 Å². The van der Waals surface area contributed by atoms with Crippen LogP contribution in [-0.2, 0) is 64.2 Å². The van der Waals surface area contributed by atoms with Crippen LogP contribution in [0.5, 0.6) is 11.5 Å².